The van der Waals surface area contributed by atoms with Gasteiger partial charge in [0.15, 0.2) is 0 Å². The lowest BCUT2D eigenvalue weighted by Crippen LogP contribution is -2.40. The molecule has 1 heterocycles. The Morgan fingerprint density at radius 2 is 1.96 bits per heavy atom. The molecule has 0 radical (unpaired) electrons. The summed E-state index contributed by atoms with van der Waals surface area (Å²) in [5.74, 6) is -0.156. The lowest BCUT2D eigenvalue weighted by atomic mass is 9.77. The SMILES string of the molecule is Cc1c(NC(=O)/C=C/c2ccccc2Cl)ccc2c1CN(C)CC2(C)C. The first-order chi connectivity index (χ1) is 12.3. The average Bonchev–Trinajstić information content (AvgIpc) is 2.56. The van der Waals surface area contributed by atoms with Gasteiger partial charge in [-0.1, -0.05) is 49.7 Å². The van der Waals surface area contributed by atoms with Crippen molar-refractivity contribution in [2.75, 3.05) is 18.9 Å². The number of amides is 1. The van der Waals surface area contributed by atoms with Crippen molar-refractivity contribution in [3.63, 3.8) is 0 Å². The fourth-order valence-electron chi connectivity index (χ4n) is 3.77. The molecule has 1 amide bonds. The summed E-state index contributed by atoms with van der Waals surface area (Å²) in [6.45, 7) is 8.56. The van der Waals surface area contributed by atoms with Gasteiger partial charge in [0, 0.05) is 35.3 Å². The molecular weight excluding hydrogens is 344 g/mol. The zero-order chi connectivity index (χ0) is 18.9. The maximum absolute atomic E-state index is 12.4. The first-order valence-corrected chi connectivity index (χ1v) is 9.21. The summed E-state index contributed by atoms with van der Waals surface area (Å²) in [4.78, 5) is 14.7. The lowest BCUT2D eigenvalue weighted by molar-refractivity contribution is -0.111. The van der Waals surface area contributed by atoms with Crippen LogP contribution >= 0.6 is 11.6 Å². The number of rotatable bonds is 3. The maximum atomic E-state index is 12.4. The first-order valence-electron chi connectivity index (χ1n) is 8.83. The van der Waals surface area contributed by atoms with Gasteiger partial charge in [-0.2, -0.15) is 0 Å². The van der Waals surface area contributed by atoms with E-state index in [1.165, 1.54) is 17.2 Å². The van der Waals surface area contributed by atoms with E-state index in [1.807, 2.05) is 30.3 Å². The normalized spacial score (nSPS) is 16.5. The monoisotopic (exact) mass is 368 g/mol. The minimum Gasteiger partial charge on any atom is -0.322 e. The van der Waals surface area contributed by atoms with E-state index in [1.54, 1.807) is 6.08 Å². The Balaban J connectivity index is 1.82. The molecule has 0 atom stereocenters. The number of benzene rings is 2. The fourth-order valence-corrected chi connectivity index (χ4v) is 3.96. The third-order valence-electron chi connectivity index (χ3n) is 5.00. The number of carbonyl (C=O) groups excluding carboxylic acids is 1. The minimum absolute atomic E-state index is 0.111. The molecule has 3 rings (SSSR count). The minimum atomic E-state index is -0.156. The van der Waals surface area contributed by atoms with Gasteiger partial charge in [0.05, 0.1) is 0 Å². The quantitative estimate of drug-likeness (QED) is 0.771. The topological polar surface area (TPSA) is 32.3 Å². The zero-order valence-electron chi connectivity index (χ0n) is 15.8. The summed E-state index contributed by atoms with van der Waals surface area (Å²) in [6, 6.07) is 11.6. The molecule has 0 unspecified atom stereocenters. The summed E-state index contributed by atoms with van der Waals surface area (Å²) in [7, 11) is 2.14. The average molecular weight is 369 g/mol. The van der Waals surface area contributed by atoms with Crippen LogP contribution in [-0.2, 0) is 16.8 Å². The van der Waals surface area contributed by atoms with Gasteiger partial charge in [-0.3, -0.25) is 4.79 Å². The summed E-state index contributed by atoms with van der Waals surface area (Å²) in [5.41, 5.74) is 5.63. The molecule has 1 N–H and O–H groups in total. The summed E-state index contributed by atoms with van der Waals surface area (Å²) < 4.78 is 0. The number of carbonyl (C=O) groups is 1. The Kier molecular flexibility index (Phi) is 5.22. The smallest absolute Gasteiger partial charge is 0.248 e. The summed E-state index contributed by atoms with van der Waals surface area (Å²) in [6.07, 6.45) is 3.26. The molecule has 3 nitrogen and oxygen atoms in total. The van der Waals surface area contributed by atoms with E-state index in [-0.39, 0.29) is 11.3 Å². The van der Waals surface area contributed by atoms with Crippen LogP contribution < -0.4 is 5.32 Å². The van der Waals surface area contributed by atoms with E-state index in [9.17, 15) is 4.79 Å². The van der Waals surface area contributed by atoms with Crippen LogP contribution in [-0.4, -0.2) is 24.4 Å². The van der Waals surface area contributed by atoms with Gasteiger partial charge >= 0.3 is 0 Å². The molecule has 0 aromatic heterocycles. The number of hydrogen-bond acceptors (Lipinski definition) is 2. The predicted molar refractivity (Wildman–Crippen MR) is 110 cm³/mol. The number of nitrogens with one attached hydrogen (secondary N) is 1. The number of fused-ring (bicyclic) bond motifs is 1. The standard InChI is InChI=1S/C22H25ClN2O/c1-15-17-13-25(4)14-22(2,3)18(17)10-11-20(15)24-21(26)12-9-16-7-5-6-8-19(16)23/h5-12H,13-14H2,1-4H3,(H,24,26)/b12-9+. The third kappa shape index (κ3) is 3.84. The van der Waals surface area contributed by atoms with E-state index < -0.39 is 0 Å². The van der Waals surface area contributed by atoms with E-state index >= 15 is 0 Å². The van der Waals surface area contributed by atoms with Gasteiger partial charge in [-0.15, -0.1) is 0 Å². The Hall–Kier alpha value is -2.10. The first kappa shape index (κ1) is 18.7. The Morgan fingerprint density at radius 1 is 1.23 bits per heavy atom. The molecule has 0 saturated heterocycles. The molecule has 4 heteroatoms. The highest BCUT2D eigenvalue weighted by molar-refractivity contribution is 6.32. The van der Waals surface area contributed by atoms with Crippen LogP contribution in [0.15, 0.2) is 42.5 Å². The molecule has 0 aliphatic carbocycles. The van der Waals surface area contributed by atoms with E-state index in [0.29, 0.717) is 5.02 Å². The van der Waals surface area contributed by atoms with Gasteiger partial charge in [0.1, 0.15) is 0 Å². The number of anilines is 1. The van der Waals surface area contributed by atoms with Gasteiger partial charge in [-0.05, 0) is 54.4 Å². The van der Waals surface area contributed by atoms with Crippen LogP contribution in [0.3, 0.4) is 0 Å². The summed E-state index contributed by atoms with van der Waals surface area (Å²) in [5, 5.41) is 3.64. The Morgan fingerprint density at radius 3 is 2.69 bits per heavy atom. The molecule has 1 aliphatic heterocycles. The van der Waals surface area contributed by atoms with Crippen molar-refractivity contribution in [3.05, 3.63) is 69.8 Å². The van der Waals surface area contributed by atoms with Crippen molar-refractivity contribution < 1.29 is 4.79 Å². The Bertz CT molecular complexity index is 870. The predicted octanol–water partition coefficient (Wildman–Crippen LogP) is 5.02. The van der Waals surface area contributed by atoms with Crippen molar-refractivity contribution in [1.29, 1.82) is 0 Å². The fraction of sp³-hybridized carbons (Fsp3) is 0.318. The van der Waals surface area contributed by atoms with Crippen molar-refractivity contribution >= 4 is 29.3 Å². The highest BCUT2D eigenvalue weighted by Crippen LogP contribution is 2.36. The molecule has 0 fully saturated rings. The van der Waals surface area contributed by atoms with E-state index in [4.69, 9.17) is 11.6 Å². The molecule has 0 spiro atoms. The molecule has 0 saturated carbocycles. The zero-order valence-corrected chi connectivity index (χ0v) is 16.5. The number of hydrogen-bond donors (Lipinski definition) is 1. The van der Waals surface area contributed by atoms with Gasteiger partial charge in [0.25, 0.3) is 0 Å². The van der Waals surface area contributed by atoms with Crippen molar-refractivity contribution in [2.45, 2.75) is 32.7 Å². The molecular formula is C22H25ClN2O. The second-order valence-electron chi connectivity index (χ2n) is 7.66. The molecule has 136 valence electrons. The Labute approximate surface area is 160 Å². The largest absolute Gasteiger partial charge is 0.322 e. The van der Waals surface area contributed by atoms with Crippen LogP contribution in [0.1, 0.15) is 36.1 Å². The lowest BCUT2D eigenvalue weighted by Gasteiger charge is -2.39. The molecule has 2 aromatic carbocycles. The van der Waals surface area contributed by atoms with Gasteiger partial charge < -0.3 is 10.2 Å². The van der Waals surface area contributed by atoms with Gasteiger partial charge in [-0.25, -0.2) is 0 Å². The second-order valence-corrected chi connectivity index (χ2v) is 8.07. The van der Waals surface area contributed by atoms with Crippen LogP contribution in [0, 0.1) is 6.92 Å². The molecule has 1 aliphatic rings. The van der Waals surface area contributed by atoms with Crippen LogP contribution in [0.25, 0.3) is 6.08 Å². The van der Waals surface area contributed by atoms with Crippen LogP contribution in [0.4, 0.5) is 5.69 Å². The molecule has 2 aromatic rings. The molecule has 26 heavy (non-hydrogen) atoms. The maximum Gasteiger partial charge on any atom is 0.248 e. The number of halogens is 1. The second kappa shape index (κ2) is 7.26. The van der Waals surface area contributed by atoms with Crippen molar-refractivity contribution in [2.24, 2.45) is 0 Å². The van der Waals surface area contributed by atoms with Crippen molar-refractivity contribution in [1.82, 2.24) is 4.90 Å². The van der Waals surface area contributed by atoms with Crippen LogP contribution in [0.5, 0.6) is 0 Å². The van der Waals surface area contributed by atoms with Crippen LogP contribution in [0.2, 0.25) is 5.02 Å². The van der Waals surface area contributed by atoms with Gasteiger partial charge in [0.2, 0.25) is 5.91 Å². The van der Waals surface area contributed by atoms with Crippen molar-refractivity contribution in [3.8, 4) is 0 Å². The third-order valence-corrected chi connectivity index (χ3v) is 5.34. The van der Waals surface area contributed by atoms with E-state index in [0.717, 1.165) is 29.9 Å². The number of likely N-dealkylation sites (N-methyl/N-ethyl adjacent to an activating group) is 1. The number of nitrogens with zero attached hydrogens (tertiary/aromatic N) is 1. The highest BCUT2D eigenvalue weighted by Gasteiger charge is 2.31. The summed E-state index contributed by atoms with van der Waals surface area (Å²) >= 11 is 6.13. The molecule has 0 bridgehead atoms. The van der Waals surface area contributed by atoms with E-state index in [2.05, 4.69) is 44.1 Å². The highest BCUT2D eigenvalue weighted by atomic mass is 35.5.